The zero-order valence-corrected chi connectivity index (χ0v) is 12.7. The monoisotopic (exact) mass is 283 g/mol. The van der Waals surface area contributed by atoms with Crippen LogP contribution in [0.25, 0.3) is 10.2 Å². The van der Waals surface area contributed by atoms with E-state index in [9.17, 15) is 8.42 Å². The molecule has 98 valence electrons. The molecule has 0 aliphatic rings. The van der Waals surface area contributed by atoms with Crippen molar-refractivity contribution >= 4 is 31.4 Å². The van der Waals surface area contributed by atoms with Crippen molar-refractivity contribution in [1.82, 2.24) is 4.98 Å². The average Bonchev–Trinajstić information content (AvgIpc) is 2.53. The van der Waals surface area contributed by atoms with E-state index >= 15 is 0 Å². The molecule has 0 N–H and O–H groups in total. The lowest BCUT2D eigenvalue weighted by molar-refractivity contribution is 0.591. The molecule has 0 aliphatic heterocycles. The Kier molecular flexibility index (Phi) is 3.23. The molecule has 0 amide bonds. The van der Waals surface area contributed by atoms with Gasteiger partial charge in [0.1, 0.15) is 10.8 Å². The molecule has 5 heteroatoms. The van der Waals surface area contributed by atoms with Crippen molar-refractivity contribution in [2.24, 2.45) is 0 Å². The Balaban J connectivity index is 2.46. The van der Waals surface area contributed by atoms with Crippen molar-refractivity contribution in [1.29, 1.82) is 0 Å². The maximum Gasteiger partial charge on any atom is 0.153 e. The molecule has 18 heavy (non-hydrogen) atoms. The highest BCUT2D eigenvalue weighted by atomic mass is 32.2. The van der Waals surface area contributed by atoms with E-state index in [1.54, 1.807) is 0 Å². The quantitative estimate of drug-likeness (QED) is 0.850. The van der Waals surface area contributed by atoms with Gasteiger partial charge in [-0.3, -0.25) is 0 Å². The maximum atomic E-state index is 11.3. The molecule has 2 aromatic rings. The van der Waals surface area contributed by atoms with Gasteiger partial charge in [-0.2, -0.15) is 0 Å². The molecular formula is C13H17NO2S2. The summed E-state index contributed by atoms with van der Waals surface area (Å²) in [6.45, 7) is 6.45. The first kappa shape index (κ1) is 13.5. The van der Waals surface area contributed by atoms with Crippen LogP contribution in [0.5, 0.6) is 0 Å². The van der Waals surface area contributed by atoms with Crippen LogP contribution in [0.4, 0.5) is 0 Å². The van der Waals surface area contributed by atoms with Crippen LogP contribution in [0, 0.1) is 0 Å². The number of hydrogen-bond donors (Lipinski definition) is 0. The minimum atomic E-state index is -3.02. The molecule has 1 heterocycles. The first-order valence-corrected chi connectivity index (χ1v) is 8.60. The summed E-state index contributed by atoms with van der Waals surface area (Å²) in [5.74, 6) is 0.0250. The van der Waals surface area contributed by atoms with Gasteiger partial charge in [0, 0.05) is 6.26 Å². The third kappa shape index (κ3) is 3.09. The van der Waals surface area contributed by atoms with Gasteiger partial charge in [-0.1, -0.05) is 26.8 Å². The molecule has 1 aromatic heterocycles. The molecule has 0 bridgehead atoms. The molecule has 0 saturated carbocycles. The molecule has 0 spiro atoms. The lowest BCUT2D eigenvalue weighted by atomic mass is 9.87. The molecule has 0 aliphatic carbocycles. The van der Waals surface area contributed by atoms with Crippen LogP contribution in [-0.4, -0.2) is 19.7 Å². The van der Waals surface area contributed by atoms with Gasteiger partial charge in [-0.25, -0.2) is 13.4 Å². The number of benzene rings is 1. The molecule has 2 rings (SSSR count). The summed E-state index contributed by atoms with van der Waals surface area (Å²) in [6, 6.07) is 6.17. The molecule has 0 saturated heterocycles. The molecule has 1 aromatic carbocycles. The second-order valence-corrected chi connectivity index (χ2v) is 8.87. The summed E-state index contributed by atoms with van der Waals surface area (Å²) in [7, 11) is -3.02. The number of sulfone groups is 1. The first-order chi connectivity index (χ1) is 8.15. The molecular weight excluding hydrogens is 266 g/mol. The highest BCUT2D eigenvalue weighted by Gasteiger charge is 2.16. The standard InChI is InChI=1S/C13H17NO2S2/c1-13(2,3)9-5-6-11-10(7-9)14-12(17-11)8-18(4,15)16/h5-7H,8H2,1-4H3. The number of thiazole rings is 1. The lowest BCUT2D eigenvalue weighted by Crippen LogP contribution is -2.10. The number of fused-ring (bicyclic) bond motifs is 1. The summed E-state index contributed by atoms with van der Waals surface area (Å²) < 4.78 is 23.6. The van der Waals surface area contributed by atoms with Crippen LogP contribution in [0.2, 0.25) is 0 Å². The van der Waals surface area contributed by atoms with E-state index in [1.807, 2.05) is 6.07 Å². The van der Waals surface area contributed by atoms with Crippen molar-refractivity contribution in [3.63, 3.8) is 0 Å². The maximum absolute atomic E-state index is 11.3. The molecule has 3 nitrogen and oxygen atoms in total. The summed E-state index contributed by atoms with van der Waals surface area (Å²) in [5.41, 5.74) is 2.19. The summed E-state index contributed by atoms with van der Waals surface area (Å²) in [5, 5.41) is 0.665. The predicted molar refractivity (Wildman–Crippen MR) is 76.9 cm³/mol. The third-order valence-corrected chi connectivity index (χ3v) is 4.70. The SMILES string of the molecule is CC(C)(C)c1ccc2sc(CS(C)(=O)=O)nc2c1. The van der Waals surface area contributed by atoms with Crippen molar-refractivity contribution in [3.8, 4) is 0 Å². The van der Waals surface area contributed by atoms with Gasteiger partial charge in [-0.05, 0) is 23.1 Å². The number of hydrogen-bond acceptors (Lipinski definition) is 4. The molecule has 0 unspecified atom stereocenters. The first-order valence-electron chi connectivity index (χ1n) is 5.73. The Morgan fingerprint density at radius 1 is 1.28 bits per heavy atom. The fourth-order valence-electron chi connectivity index (χ4n) is 1.73. The minimum absolute atomic E-state index is 0.0250. The lowest BCUT2D eigenvalue weighted by Gasteiger charge is -2.18. The average molecular weight is 283 g/mol. The summed E-state index contributed by atoms with van der Waals surface area (Å²) >= 11 is 1.45. The van der Waals surface area contributed by atoms with Crippen LogP contribution >= 0.6 is 11.3 Å². The van der Waals surface area contributed by atoms with Crippen LogP contribution in [-0.2, 0) is 21.0 Å². The third-order valence-electron chi connectivity index (χ3n) is 2.68. The van der Waals surface area contributed by atoms with Gasteiger partial charge < -0.3 is 0 Å². The normalized spacial score (nSPS) is 13.1. The van der Waals surface area contributed by atoms with Crippen LogP contribution in [0.3, 0.4) is 0 Å². The molecule has 0 fully saturated rings. The number of aromatic nitrogens is 1. The van der Waals surface area contributed by atoms with E-state index in [1.165, 1.54) is 23.2 Å². The van der Waals surface area contributed by atoms with Gasteiger partial charge >= 0.3 is 0 Å². The second-order valence-electron chi connectivity index (χ2n) is 5.61. The highest BCUT2D eigenvalue weighted by molar-refractivity contribution is 7.90. The number of rotatable bonds is 2. The van der Waals surface area contributed by atoms with Crippen molar-refractivity contribution in [2.75, 3.05) is 6.26 Å². The fraction of sp³-hybridized carbons (Fsp3) is 0.462. The Morgan fingerprint density at radius 3 is 2.50 bits per heavy atom. The highest BCUT2D eigenvalue weighted by Crippen LogP contribution is 2.29. The largest absolute Gasteiger partial charge is 0.240 e. The van der Waals surface area contributed by atoms with Gasteiger partial charge in [0.15, 0.2) is 9.84 Å². The Morgan fingerprint density at radius 2 is 1.94 bits per heavy atom. The zero-order chi connectivity index (χ0) is 13.6. The van der Waals surface area contributed by atoms with Gasteiger partial charge in [0.25, 0.3) is 0 Å². The van der Waals surface area contributed by atoms with Gasteiger partial charge in [0.05, 0.1) is 10.2 Å². The summed E-state index contributed by atoms with van der Waals surface area (Å²) in [4.78, 5) is 4.41. The number of nitrogens with zero attached hydrogens (tertiary/aromatic N) is 1. The van der Waals surface area contributed by atoms with E-state index in [0.29, 0.717) is 5.01 Å². The van der Waals surface area contributed by atoms with E-state index < -0.39 is 9.84 Å². The van der Waals surface area contributed by atoms with E-state index in [0.717, 1.165) is 10.2 Å². The molecule has 0 atom stereocenters. The van der Waals surface area contributed by atoms with Crippen molar-refractivity contribution in [3.05, 3.63) is 28.8 Å². The van der Waals surface area contributed by atoms with Crippen LogP contribution in [0.15, 0.2) is 18.2 Å². The van der Waals surface area contributed by atoms with Crippen LogP contribution < -0.4 is 0 Å². The Bertz CT molecular complexity index is 679. The molecule has 0 radical (unpaired) electrons. The predicted octanol–water partition coefficient (Wildman–Crippen LogP) is 3.14. The second kappa shape index (κ2) is 4.31. The van der Waals surface area contributed by atoms with Crippen LogP contribution in [0.1, 0.15) is 31.3 Å². The van der Waals surface area contributed by atoms with Crippen molar-refractivity contribution < 1.29 is 8.42 Å². The topological polar surface area (TPSA) is 47.0 Å². The van der Waals surface area contributed by atoms with Gasteiger partial charge in [0.2, 0.25) is 0 Å². The smallest absolute Gasteiger partial charge is 0.153 e. The Hall–Kier alpha value is -0.940. The van der Waals surface area contributed by atoms with E-state index in [4.69, 9.17) is 0 Å². The summed E-state index contributed by atoms with van der Waals surface area (Å²) in [6.07, 6.45) is 1.24. The Labute approximate surface area is 112 Å². The van der Waals surface area contributed by atoms with E-state index in [2.05, 4.69) is 37.9 Å². The fourth-order valence-corrected chi connectivity index (χ4v) is 3.86. The van der Waals surface area contributed by atoms with E-state index in [-0.39, 0.29) is 11.2 Å². The van der Waals surface area contributed by atoms with Crippen molar-refractivity contribution in [2.45, 2.75) is 31.9 Å². The minimum Gasteiger partial charge on any atom is -0.240 e. The zero-order valence-electron chi connectivity index (χ0n) is 11.0. The van der Waals surface area contributed by atoms with Gasteiger partial charge in [-0.15, -0.1) is 11.3 Å².